The predicted molar refractivity (Wildman–Crippen MR) is 67.3 cm³/mol. The molecule has 1 fully saturated rings. The Morgan fingerprint density at radius 3 is 2.27 bits per heavy atom. The van der Waals surface area contributed by atoms with Gasteiger partial charge in [0.05, 0.1) is 0 Å². The van der Waals surface area contributed by atoms with Gasteiger partial charge in [-0.25, -0.2) is 0 Å². The van der Waals surface area contributed by atoms with Gasteiger partial charge < -0.3 is 5.32 Å². The number of hydrogen-bond acceptors (Lipinski definition) is 2. The van der Waals surface area contributed by atoms with Gasteiger partial charge in [0, 0.05) is 12.1 Å². The molecule has 1 saturated carbocycles. The summed E-state index contributed by atoms with van der Waals surface area (Å²) in [5.41, 5.74) is 0. The van der Waals surface area contributed by atoms with Gasteiger partial charge >= 0.3 is 0 Å². The largest absolute Gasteiger partial charge is 0.313 e. The molecule has 0 aromatic heterocycles. The first kappa shape index (κ1) is 13.0. The molecule has 2 atom stereocenters. The summed E-state index contributed by atoms with van der Waals surface area (Å²) in [6, 6.07) is 1.51. The van der Waals surface area contributed by atoms with Crippen LogP contribution in [0.1, 0.15) is 52.9 Å². The van der Waals surface area contributed by atoms with E-state index in [4.69, 9.17) is 0 Å². The molecule has 90 valence electrons. The molecular weight excluding hydrogens is 184 g/mol. The van der Waals surface area contributed by atoms with Crippen LogP contribution < -0.4 is 5.32 Å². The van der Waals surface area contributed by atoms with Crippen molar-refractivity contribution in [2.45, 2.75) is 65.0 Å². The zero-order chi connectivity index (χ0) is 11.1. The summed E-state index contributed by atoms with van der Waals surface area (Å²) < 4.78 is 0. The highest BCUT2D eigenvalue weighted by Gasteiger charge is 2.26. The van der Waals surface area contributed by atoms with E-state index in [-0.39, 0.29) is 0 Å². The van der Waals surface area contributed by atoms with E-state index in [2.05, 4.69) is 31.0 Å². The van der Waals surface area contributed by atoms with Crippen molar-refractivity contribution in [1.29, 1.82) is 0 Å². The Morgan fingerprint density at radius 2 is 1.67 bits per heavy atom. The van der Waals surface area contributed by atoms with Crippen LogP contribution in [0.2, 0.25) is 0 Å². The molecule has 1 N–H and O–H groups in total. The topological polar surface area (TPSA) is 15.3 Å². The lowest BCUT2D eigenvalue weighted by molar-refractivity contribution is 0.163. The van der Waals surface area contributed by atoms with E-state index < -0.39 is 0 Å². The minimum Gasteiger partial charge on any atom is -0.313 e. The molecule has 0 amide bonds. The summed E-state index contributed by atoms with van der Waals surface area (Å²) in [7, 11) is 0. The molecule has 0 radical (unpaired) electrons. The number of nitrogens with one attached hydrogen (secondary N) is 1. The summed E-state index contributed by atoms with van der Waals surface area (Å²) in [4.78, 5) is 2.64. The highest BCUT2D eigenvalue weighted by Crippen LogP contribution is 2.22. The highest BCUT2D eigenvalue weighted by molar-refractivity contribution is 4.85. The quantitative estimate of drug-likeness (QED) is 0.705. The van der Waals surface area contributed by atoms with Crippen LogP contribution in [0.3, 0.4) is 0 Å². The van der Waals surface area contributed by atoms with Gasteiger partial charge in [-0.15, -0.1) is 0 Å². The van der Waals surface area contributed by atoms with Crippen LogP contribution in [0.15, 0.2) is 0 Å². The van der Waals surface area contributed by atoms with E-state index in [1.807, 2.05) is 0 Å². The number of rotatable bonds is 5. The molecule has 0 saturated heterocycles. The molecule has 1 aliphatic carbocycles. The summed E-state index contributed by atoms with van der Waals surface area (Å²) in [6.07, 6.45) is 7.02. The van der Waals surface area contributed by atoms with Gasteiger partial charge in [-0.1, -0.05) is 40.0 Å². The van der Waals surface area contributed by atoms with Gasteiger partial charge in [0.15, 0.2) is 0 Å². The molecule has 2 nitrogen and oxygen atoms in total. The van der Waals surface area contributed by atoms with Crippen molar-refractivity contribution < 1.29 is 0 Å². The van der Waals surface area contributed by atoms with E-state index in [0.29, 0.717) is 0 Å². The minimum atomic E-state index is 0.734. The van der Waals surface area contributed by atoms with Crippen molar-refractivity contribution in [3.8, 4) is 0 Å². The van der Waals surface area contributed by atoms with Crippen LogP contribution in [0, 0.1) is 0 Å². The Kier molecular flexibility index (Phi) is 6.26. The molecule has 0 aromatic rings. The van der Waals surface area contributed by atoms with Gasteiger partial charge in [0.1, 0.15) is 0 Å². The van der Waals surface area contributed by atoms with Crippen LogP contribution in [0.5, 0.6) is 0 Å². The molecule has 0 bridgehead atoms. The number of nitrogens with zero attached hydrogens (tertiary/aromatic N) is 1. The normalized spacial score (nSPS) is 28.0. The van der Waals surface area contributed by atoms with Crippen molar-refractivity contribution in [2.24, 2.45) is 0 Å². The average Bonchev–Trinajstić information content (AvgIpc) is 2.47. The van der Waals surface area contributed by atoms with Gasteiger partial charge in [0.2, 0.25) is 0 Å². The molecule has 0 heterocycles. The van der Waals surface area contributed by atoms with E-state index in [9.17, 15) is 0 Å². The number of hydrogen-bond donors (Lipinski definition) is 1. The first-order valence-corrected chi connectivity index (χ1v) is 6.80. The Morgan fingerprint density at radius 1 is 1.00 bits per heavy atom. The van der Waals surface area contributed by atoms with Crippen LogP contribution in [0.25, 0.3) is 0 Å². The maximum Gasteiger partial charge on any atom is 0.0249 e. The third-order valence-electron chi connectivity index (χ3n) is 3.73. The van der Waals surface area contributed by atoms with E-state index >= 15 is 0 Å². The van der Waals surface area contributed by atoms with Gasteiger partial charge in [-0.2, -0.15) is 0 Å². The summed E-state index contributed by atoms with van der Waals surface area (Å²) >= 11 is 0. The van der Waals surface area contributed by atoms with Gasteiger partial charge in [-0.3, -0.25) is 4.90 Å². The van der Waals surface area contributed by atoms with Crippen molar-refractivity contribution >= 4 is 0 Å². The highest BCUT2D eigenvalue weighted by atomic mass is 15.2. The van der Waals surface area contributed by atoms with Crippen LogP contribution >= 0.6 is 0 Å². The molecule has 0 aliphatic heterocycles. The summed E-state index contributed by atoms with van der Waals surface area (Å²) in [5.74, 6) is 0. The van der Waals surface area contributed by atoms with Crippen LogP contribution in [0.4, 0.5) is 0 Å². The minimum absolute atomic E-state index is 0.734. The Hall–Kier alpha value is -0.0800. The molecule has 0 spiro atoms. The fourth-order valence-corrected chi connectivity index (χ4v) is 2.92. The fraction of sp³-hybridized carbons (Fsp3) is 1.00. The third-order valence-corrected chi connectivity index (χ3v) is 3.73. The van der Waals surface area contributed by atoms with Gasteiger partial charge in [-0.05, 0) is 32.5 Å². The molecule has 2 heteroatoms. The lowest BCUT2D eigenvalue weighted by Gasteiger charge is -2.35. The van der Waals surface area contributed by atoms with Crippen molar-refractivity contribution in [1.82, 2.24) is 10.2 Å². The second-order valence-electron chi connectivity index (χ2n) is 4.59. The van der Waals surface area contributed by atoms with Gasteiger partial charge in [0.25, 0.3) is 0 Å². The van der Waals surface area contributed by atoms with Crippen LogP contribution in [-0.2, 0) is 0 Å². The Labute approximate surface area is 95.4 Å². The average molecular weight is 212 g/mol. The fourth-order valence-electron chi connectivity index (χ4n) is 2.92. The molecule has 1 aliphatic rings. The molecule has 1 rings (SSSR count). The van der Waals surface area contributed by atoms with Crippen molar-refractivity contribution in [3.63, 3.8) is 0 Å². The van der Waals surface area contributed by atoms with Crippen LogP contribution in [-0.4, -0.2) is 36.6 Å². The standard InChI is InChI=1S/C13H28N2/c1-4-14-12-10-8-7-9-11-13(12)15(5-2)6-3/h12-14H,4-11H2,1-3H3. The maximum atomic E-state index is 3.68. The molecule has 15 heavy (non-hydrogen) atoms. The SMILES string of the molecule is CCNC1CCCCCC1N(CC)CC. The molecular formula is C13H28N2. The monoisotopic (exact) mass is 212 g/mol. The van der Waals surface area contributed by atoms with E-state index in [0.717, 1.165) is 18.6 Å². The van der Waals surface area contributed by atoms with E-state index in [1.54, 1.807) is 0 Å². The van der Waals surface area contributed by atoms with Crippen molar-refractivity contribution in [3.05, 3.63) is 0 Å². The summed E-state index contributed by atoms with van der Waals surface area (Å²) in [5, 5.41) is 3.68. The first-order valence-electron chi connectivity index (χ1n) is 6.80. The Balaban J connectivity index is 2.59. The lowest BCUT2D eigenvalue weighted by atomic mass is 10.0. The molecule has 2 unspecified atom stereocenters. The van der Waals surface area contributed by atoms with Crippen molar-refractivity contribution in [2.75, 3.05) is 19.6 Å². The first-order chi connectivity index (χ1) is 7.33. The maximum absolute atomic E-state index is 3.68. The Bertz CT molecular complexity index is 155. The van der Waals surface area contributed by atoms with E-state index in [1.165, 1.54) is 45.2 Å². The number of likely N-dealkylation sites (N-methyl/N-ethyl adjacent to an activating group) is 2. The zero-order valence-corrected chi connectivity index (χ0v) is 10.8. The second kappa shape index (κ2) is 7.24. The molecule has 0 aromatic carbocycles. The second-order valence-corrected chi connectivity index (χ2v) is 4.59. The lowest BCUT2D eigenvalue weighted by Crippen LogP contribution is -2.49. The smallest absolute Gasteiger partial charge is 0.0249 e. The summed E-state index contributed by atoms with van der Waals surface area (Å²) in [6.45, 7) is 10.3. The zero-order valence-electron chi connectivity index (χ0n) is 10.8. The predicted octanol–water partition coefficient (Wildman–Crippen LogP) is 2.64. The third kappa shape index (κ3) is 3.76.